The molecular weight excluding hydrogens is 245 g/mol. The highest BCUT2D eigenvalue weighted by atomic mass is 19.1. The maximum atomic E-state index is 13.7. The van der Waals surface area contributed by atoms with Crippen molar-refractivity contribution in [3.05, 3.63) is 35.9 Å². The fourth-order valence-electron chi connectivity index (χ4n) is 2.30. The van der Waals surface area contributed by atoms with Gasteiger partial charge < -0.3 is 5.73 Å². The number of imidazole rings is 1. The van der Waals surface area contributed by atoms with Gasteiger partial charge in [0.2, 0.25) is 5.95 Å². The largest absolute Gasteiger partial charge is 0.369 e. The minimum atomic E-state index is -0.370. The number of aromatic nitrogens is 4. The van der Waals surface area contributed by atoms with E-state index in [2.05, 4.69) is 10.1 Å². The van der Waals surface area contributed by atoms with Gasteiger partial charge in [0.1, 0.15) is 5.52 Å². The molecule has 0 unspecified atom stereocenters. The first-order valence-corrected chi connectivity index (χ1v) is 6.07. The van der Waals surface area contributed by atoms with Gasteiger partial charge in [-0.05, 0) is 18.6 Å². The molecule has 0 aliphatic heterocycles. The number of para-hydroxylation sites is 1. The summed E-state index contributed by atoms with van der Waals surface area (Å²) in [5.74, 6) is -0.104. The minimum absolute atomic E-state index is 0.266. The number of nitrogens with two attached hydrogens (primary N) is 1. The number of nitrogens with zero attached hydrogens (tertiary/aromatic N) is 4. The zero-order valence-corrected chi connectivity index (χ0v) is 10.8. The van der Waals surface area contributed by atoms with E-state index in [1.54, 1.807) is 21.4 Å². The number of hydrogen-bond donors (Lipinski definition) is 1. The zero-order valence-electron chi connectivity index (χ0n) is 10.8. The maximum Gasteiger partial charge on any atom is 0.206 e. The van der Waals surface area contributed by atoms with Crippen LogP contribution in [0.15, 0.2) is 24.4 Å². The number of anilines is 1. The van der Waals surface area contributed by atoms with E-state index in [0.717, 1.165) is 17.8 Å². The molecule has 0 aliphatic carbocycles. The smallest absolute Gasteiger partial charge is 0.206 e. The number of aryl methyl sites for hydroxylation is 2. The molecule has 3 rings (SSSR count). The molecular formula is C13H14FN5. The van der Waals surface area contributed by atoms with E-state index >= 15 is 0 Å². The second-order valence-corrected chi connectivity index (χ2v) is 4.40. The van der Waals surface area contributed by atoms with Crippen molar-refractivity contribution >= 4 is 17.0 Å². The van der Waals surface area contributed by atoms with Crippen LogP contribution in [-0.4, -0.2) is 19.3 Å². The molecule has 1 aromatic carbocycles. The van der Waals surface area contributed by atoms with Crippen LogP contribution in [0.3, 0.4) is 0 Å². The van der Waals surface area contributed by atoms with Crippen LogP contribution < -0.4 is 5.73 Å². The molecule has 0 fully saturated rings. The third-order valence-electron chi connectivity index (χ3n) is 3.12. The molecule has 98 valence electrons. The van der Waals surface area contributed by atoms with Crippen LogP contribution in [0.1, 0.15) is 12.6 Å². The van der Waals surface area contributed by atoms with Gasteiger partial charge in [0.05, 0.1) is 16.9 Å². The Morgan fingerprint density at radius 3 is 2.89 bits per heavy atom. The monoisotopic (exact) mass is 259 g/mol. The summed E-state index contributed by atoms with van der Waals surface area (Å²) in [6.45, 7) is 2.02. The van der Waals surface area contributed by atoms with E-state index in [0.29, 0.717) is 5.52 Å². The summed E-state index contributed by atoms with van der Waals surface area (Å²) in [5.41, 5.74) is 8.62. The average Bonchev–Trinajstić information content (AvgIpc) is 2.89. The zero-order chi connectivity index (χ0) is 13.6. The van der Waals surface area contributed by atoms with Crippen LogP contribution in [0.5, 0.6) is 0 Å². The summed E-state index contributed by atoms with van der Waals surface area (Å²) in [6, 6.07) is 4.83. The minimum Gasteiger partial charge on any atom is -0.369 e. The third-order valence-corrected chi connectivity index (χ3v) is 3.12. The lowest BCUT2D eigenvalue weighted by molar-refractivity contribution is 0.637. The average molecular weight is 259 g/mol. The second kappa shape index (κ2) is 4.08. The molecule has 0 amide bonds. The van der Waals surface area contributed by atoms with Gasteiger partial charge in [-0.3, -0.25) is 9.25 Å². The lowest BCUT2D eigenvalue weighted by atomic mass is 10.2. The number of fused-ring (bicyclic) bond motifs is 1. The molecule has 0 saturated heterocycles. The molecule has 3 aromatic rings. The van der Waals surface area contributed by atoms with Crippen molar-refractivity contribution in [1.29, 1.82) is 0 Å². The molecule has 0 bridgehead atoms. The van der Waals surface area contributed by atoms with E-state index in [1.807, 2.05) is 20.2 Å². The van der Waals surface area contributed by atoms with Crippen molar-refractivity contribution < 1.29 is 4.39 Å². The van der Waals surface area contributed by atoms with Crippen molar-refractivity contribution in [2.75, 3.05) is 5.73 Å². The number of halogens is 1. The van der Waals surface area contributed by atoms with E-state index in [9.17, 15) is 4.39 Å². The van der Waals surface area contributed by atoms with Crippen LogP contribution in [0.4, 0.5) is 10.3 Å². The van der Waals surface area contributed by atoms with Gasteiger partial charge in [-0.15, -0.1) is 0 Å². The van der Waals surface area contributed by atoms with Crippen molar-refractivity contribution in [3.8, 4) is 5.69 Å². The highest BCUT2D eigenvalue weighted by Crippen LogP contribution is 2.26. The first kappa shape index (κ1) is 11.7. The van der Waals surface area contributed by atoms with Gasteiger partial charge in [-0.1, -0.05) is 13.0 Å². The number of nitrogen functional groups attached to an aromatic ring is 1. The van der Waals surface area contributed by atoms with Crippen molar-refractivity contribution in [2.45, 2.75) is 13.3 Å². The molecule has 2 N–H and O–H groups in total. The Hall–Kier alpha value is -2.37. The van der Waals surface area contributed by atoms with Gasteiger partial charge >= 0.3 is 0 Å². The van der Waals surface area contributed by atoms with E-state index in [4.69, 9.17) is 5.73 Å². The van der Waals surface area contributed by atoms with Crippen molar-refractivity contribution in [3.63, 3.8) is 0 Å². The standard InChI is InChI=1S/C13H14FN5/c1-3-9-11(7-18(2)17-9)19-10-6-4-5-8(14)12(10)16-13(19)15/h4-7H,3H2,1-2H3,(H2,15,16). The van der Waals surface area contributed by atoms with Crippen LogP contribution in [0.2, 0.25) is 0 Å². The lowest BCUT2D eigenvalue weighted by Crippen LogP contribution is -2.02. The highest BCUT2D eigenvalue weighted by molar-refractivity contribution is 5.81. The molecule has 5 nitrogen and oxygen atoms in total. The third kappa shape index (κ3) is 1.68. The summed E-state index contributed by atoms with van der Waals surface area (Å²) < 4.78 is 17.2. The SMILES string of the molecule is CCc1nn(C)cc1-n1c(N)nc2c(F)cccc21. The Labute approximate surface area is 109 Å². The highest BCUT2D eigenvalue weighted by Gasteiger charge is 2.16. The molecule has 0 aliphatic rings. The quantitative estimate of drug-likeness (QED) is 0.766. The van der Waals surface area contributed by atoms with Crippen LogP contribution >= 0.6 is 0 Å². The van der Waals surface area contributed by atoms with E-state index in [-0.39, 0.29) is 17.3 Å². The Bertz CT molecular complexity index is 756. The maximum absolute atomic E-state index is 13.7. The van der Waals surface area contributed by atoms with Gasteiger partial charge in [0.15, 0.2) is 5.82 Å². The van der Waals surface area contributed by atoms with Crippen LogP contribution in [0.25, 0.3) is 16.7 Å². The Morgan fingerprint density at radius 2 is 2.16 bits per heavy atom. The van der Waals surface area contributed by atoms with Gasteiger partial charge in [0.25, 0.3) is 0 Å². The summed E-state index contributed by atoms with van der Waals surface area (Å²) in [7, 11) is 1.85. The summed E-state index contributed by atoms with van der Waals surface area (Å²) in [6.07, 6.45) is 2.63. The summed E-state index contributed by atoms with van der Waals surface area (Å²) in [4.78, 5) is 4.10. The molecule has 19 heavy (non-hydrogen) atoms. The van der Waals surface area contributed by atoms with Gasteiger partial charge in [-0.25, -0.2) is 9.37 Å². The molecule has 0 atom stereocenters. The fourth-order valence-corrected chi connectivity index (χ4v) is 2.30. The fraction of sp³-hybridized carbons (Fsp3) is 0.231. The normalized spacial score (nSPS) is 11.3. The van der Waals surface area contributed by atoms with Crippen molar-refractivity contribution in [2.24, 2.45) is 7.05 Å². The Kier molecular flexibility index (Phi) is 2.51. The Balaban J connectivity index is 2.36. The predicted octanol–water partition coefficient (Wildman–Crippen LogP) is 2.04. The molecule has 2 heterocycles. The summed E-state index contributed by atoms with van der Waals surface area (Å²) >= 11 is 0. The summed E-state index contributed by atoms with van der Waals surface area (Å²) in [5, 5.41) is 4.37. The van der Waals surface area contributed by atoms with Crippen LogP contribution in [-0.2, 0) is 13.5 Å². The molecule has 0 radical (unpaired) electrons. The molecule has 0 saturated carbocycles. The predicted molar refractivity (Wildman–Crippen MR) is 71.6 cm³/mol. The second-order valence-electron chi connectivity index (χ2n) is 4.40. The molecule has 6 heteroatoms. The number of benzene rings is 1. The number of hydrogen-bond acceptors (Lipinski definition) is 3. The Morgan fingerprint density at radius 1 is 1.37 bits per heavy atom. The van der Waals surface area contributed by atoms with Gasteiger partial charge in [0, 0.05) is 13.2 Å². The first-order valence-electron chi connectivity index (χ1n) is 6.07. The van der Waals surface area contributed by atoms with Crippen LogP contribution in [0, 0.1) is 5.82 Å². The van der Waals surface area contributed by atoms with Crippen molar-refractivity contribution in [1.82, 2.24) is 19.3 Å². The van der Waals surface area contributed by atoms with E-state index < -0.39 is 0 Å². The van der Waals surface area contributed by atoms with E-state index in [1.165, 1.54) is 6.07 Å². The molecule has 2 aromatic heterocycles. The number of rotatable bonds is 2. The lowest BCUT2D eigenvalue weighted by Gasteiger charge is -2.05. The first-order chi connectivity index (χ1) is 9.11. The van der Waals surface area contributed by atoms with Gasteiger partial charge in [-0.2, -0.15) is 5.10 Å². The topological polar surface area (TPSA) is 61.7 Å². The molecule has 0 spiro atoms.